The Morgan fingerprint density at radius 2 is 0.957 bits per heavy atom. The van der Waals surface area contributed by atoms with Gasteiger partial charge in [0.1, 0.15) is 30.1 Å². The van der Waals surface area contributed by atoms with Crippen LogP contribution in [0.2, 0.25) is 0 Å². The molecule has 13 heteroatoms. The van der Waals surface area contributed by atoms with Gasteiger partial charge in [0.05, 0.1) is 22.8 Å². The summed E-state index contributed by atoms with van der Waals surface area (Å²) in [6, 6.07) is 29.5. The van der Waals surface area contributed by atoms with Gasteiger partial charge in [-0.15, -0.1) is 32.9 Å². The maximum Gasteiger partial charge on any atom is 0.285 e. The van der Waals surface area contributed by atoms with Gasteiger partial charge in [-0.1, -0.05) is 77.2 Å². The molecule has 9 aromatic rings. The number of aromatic nitrogens is 9. The third-order valence-corrected chi connectivity index (χ3v) is 9.88. The lowest BCUT2D eigenvalue weighted by atomic mass is 10.0. The van der Waals surface area contributed by atoms with Crippen molar-refractivity contribution in [3.63, 3.8) is 0 Å². The Bertz CT molecular complexity index is 2570. The zero-order valence-corrected chi connectivity index (χ0v) is 25.1. The first-order valence-corrected chi connectivity index (χ1v) is 15.7. The van der Waals surface area contributed by atoms with Crippen molar-refractivity contribution in [2.45, 2.75) is 0 Å². The third-order valence-electron chi connectivity index (χ3n) is 7.73. The molecule has 0 unspecified atom stereocenters. The SMILES string of the molecule is O=c1[nH]nnc2c1sc1nc(-c3cccc(-c4cc(-c5ccccc5)c5c(n4)sc4c(=O)[nH]nnc45)n3)cc(-c3ccccc3)c12. The molecule has 0 saturated heterocycles. The Morgan fingerprint density at radius 3 is 1.41 bits per heavy atom. The van der Waals surface area contributed by atoms with Crippen molar-refractivity contribution in [1.29, 1.82) is 0 Å². The molecule has 0 aliphatic rings. The van der Waals surface area contributed by atoms with Gasteiger partial charge in [0.15, 0.2) is 0 Å². The Kier molecular flexibility index (Phi) is 5.88. The lowest BCUT2D eigenvalue weighted by Crippen LogP contribution is -2.07. The quantitative estimate of drug-likeness (QED) is 0.229. The summed E-state index contributed by atoms with van der Waals surface area (Å²) < 4.78 is 0.928. The van der Waals surface area contributed by atoms with Crippen LogP contribution in [-0.4, -0.2) is 45.8 Å². The van der Waals surface area contributed by atoms with Gasteiger partial charge in [0.2, 0.25) is 0 Å². The fraction of sp³-hybridized carbons (Fsp3) is 0. The van der Waals surface area contributed by atoms with Gasteiger partial charge in [-0.2, -0.15) is 0 Å². The van der Waals surface area contributed by atoms with Gasteiger partial charge < -0.3 is 0 Å². The minimum Gasteiger partial charge on any atom is -0.266 e. The average molecular weight is 636 g/mol. The van der Waals surface area contributed by atoms with Crippen molar-refractivity contribution in [2.75, 3.05) is 0 Å². The lowest BCUT2D eigenvalue weighted by molar-refractivity contribution is 0.876. The number of nitrogens with zero attached hydrogens (tertiary/aromatic N) is 7. The van der Waals surface area contributed by atoms with Crippen molar-refractivity contribution in [2.24, 2.45) is 0 Å². The highest BCUT2D eigenvalue weighted by Crippen LogP contribution is 2.41. The van der Waals surface area contributed by atoms with Crippen molar-refractivity contribution >= 4 is 63.5 Å². The second-order valence-electron chi connectivity index (χ2n) is 10.5. The molecular formula is C33H17N9O2S2. The number of fused-ring (bicyclic) bond motifs is 6. The van der Waals surface area contributed by atoms with Crippen LogP contribution in [0.3, 0.4) is 0 Å². The van der Waals surface area contributed by atoms with Crippen molar-refractivity contribution < 1.29 is 0 Å². The highest BCUT2D eigenvalue weighted by molar-refractivity contribution is 7.25. The fourth-order valence-corrected chi connectivity index (χ4v) is 7.73. The summed E-state index contributed by atoms with van der Waals surface area (Å²) in [6.07, 6.45) is 0. The maximum absolute atomic E-state index is 12.6. The topological polar surface area (TPSA) is 156 Å². The molecule has 0 fully saturated rings. The first-order chi connectivity index (χ1) is 22.6. The molecule has 2 aromatic carbocycles. The van der Waals surface area contributed by atoms with Crippen LogP contribution in [0.1, 0.15) is 0 Å². The monoisotopic (exact) mass is 635 g/mol. The first-order valence-electron chi connectivity index (χ1n) is 14.1. The predicted molar refractivity (Wildman–Crippen MR) is 180 cm³/mol. The van der Waals surface area contributed by atoms with Gasteiger partial charge in [-0.3, -0.25) is 9.59 Å². The number of aromatic amines is 2. The molecule has 0 aliphatic carbocycles. The number of pyridine rings is 3. The summed E-state index contributed by atoms with van der Waals surface area (Å²) in [5.74, 6) is 0. The third kappa shape index (κ3) is 4.13. The molecule has 7 aromatic heterocycles. The Labute approximate surface area is 265 Å². The van der Waals surface area contributed by atoms with E-state index in [1.165, 1.54) is 22.7 Å². The molecule has 0 amide bonds. The molecule has 7 heterocycles. The van der Waals surface area contributed by atoms with Crippen LogP contribution in [0.15, 0.2) is 101 Å². The van der Waals surface area contributed by atoms with E-state index in [9.17, 15) is 9.59 Å². The van der Waals surface area contributed by atoms with Crippen LogP contribution in [0.25, 0.3) is 85.9 Å². The highest BCUT2D eigenvalue weighted by Gasteiger charge is 2.21. The van der Waals surface area contributed by atoms with Crippen molar-refractivity contribution in [3.05, 3.63) is 112 Å². The first kappa shape index (κ1) is 26.4. The van der Waals surface area contributed by atoms with Crippen LogP contribution in [0.4, 0.5) is 0 Å². The van der Waals surface area contributed by atoms with Gasteiger partial charge >= 0.3 is 0 Å². The van der Waals surface area contributed by atoms with E-state index in [-0.39, 0.29) is 11.1 Å². The molecule has 0 radical (unpaired) electrons. The van der Waals surface area contributed by atoms with Crippen LogP contribution in [-0.2, 0) is 0 Å². The van der Waals surface area contributed by atoms with E-state index in [2.05, 4.69) is 30.8 Å². The Balaban J connectivity index is 1.27. The Hall–Kier alpha value is -6.05. The number of nitrogens with one attached hydrogen (secondary N) is 2. The summed E-state index contributed by atoms with van der Waals surface area (Å²) in [7, 11) is 0. The standard InChI is InChI=1S/C33H17N9O2S2/c43-30-28-26(37-41-39-30)24-18(16-8-3-1-4-9-16)14-22(35-32(24)45-28)20-12-7-13-21(34-20)23-15-19(17-10-5-2-6-11-17)25-27-29(46-33(25)36-23)31(44)40-42-38-27/h1-15H,(H,37,39,43)(H,38,40,44). The van der Waals surface area contributed by atoms with E-state index in [1.807, 2.05) is 91.0 Å². The van der Waals surface area contributed by atoms with Crippen LogP contribution in [0.5, 0.6) is 0 Å². The second-order valence-corrected chi connectivity index (χ2v) is 12.5. The molecule has 2 N–H and O–H groups in total. The predicted octanol–water partition coefficient (Wildman–Crippen LogP) is 6.23. The van der Waals surface area contributed by atoms with Crippen molar-refractivity contribution in [3.8, 4) is 45.0 Å². The number of H-pyrrole nitrogens is 2. The smallest absolute Gasteiger partial charge is 0.266 e. The van der Waals surface area contributed by atoms with Crippen molar-refractivity contribution in [1.82, 2.24) is 45.8 Å². The molecule has 9 rings (SSSR count). The molecule has 46 heavy (non-hydrogen) atoms. The second kappa shape index (κ2) is 10.3. The van der Waals surface area contributed by atoms with E-state index in [1.54, 1.807) is 0 Å². The molecule has 0 atom stereocenters. The number of hydrogen-bond donors (Lipinski definition) is 2. The van der Waals surface area contributed by atoms with E-state index in [0.717, 1.165) is 33.0 Å². The number of hydrogen-bond acceptors (Lipinski definition) is 11. The summed E-state index contributed by atoms with van der Waals surface area (Å²) in [5.41, 5.74) is 6.62. The normalized spacial score (nSPS) is 11.7. The molecule has 0 spiro atoms. The van der Waals surface area contributed by atoms with Crippen LogP contribution in [0, 0.1) is 0 Å². The Morgan fingerprint density at radius 1 is 0.500 bits per heavy atom. The average Bonchev–Trinajstić information content (AvgIpc) is 3.69. The lowest BCUT2D eigenvalue weighted by Gasteiger charge is -2.10. The van der Waals surface area contributed by atoms with Gasteiger partial charge in [-0.05, 0) is 46.5 Å². The summed E-state index contributed by atoms with van der Waals surface area (Å²) in [4.78, 5) is 41.5. The molecule has 0 saturated carbocycles. The molecule has 218 valence electrons. The van der Waals surface area contributed by atoms with E-state index < -0.39 is 0 Å². The highest BCUT2D eigenvalue weighted by atomic mass is 32.1. The zero-order chi connectivity index (χ0) is 30.8. The number of rotatable bonds is 4. The van der Waals surface area contributed by atoms with Crippen LogP contribution < -0.4 is 11.1 Å². The summed E-state index contributed by atoms with van der Waals surface area (Å²) >= 11 is 2.55. The van der Waals surface area contributed by atoms with E-state index in [0.29, 0.717) is 52.9 Å². The van der Waals surface area contributed by atoms with Gasteiger partial charge in [0, 0.05) is 10.8 Å². The van der Waals surface area contributed by atoms with E-state index >= 15 is 0 Å². The molecule has 11 nitrogen and oxygen atoms in total. The van der Waals surface area contributed by atoms with Gasteiger partial charge in [0.25, 0.3) is 11.1 Å². The summed E-state index contributed by atoms with van der Waals surface area (Å²) in [6.45, 7) is 0. The number of thiophene rings is 2. The van der Waals surface area contributed by atoms with E-state index in [4.69, 9.17) is 15.0 Å². The molecule has 0 bridgehead atoms. The minimum absolute atomic E-state index is 0.307. The number of benzene rings is 2. The van der Waals surface area contributed by atoms with Crippen LogP contribution >= 0.6 is 22.7 Å². The largest absolute Gasteiger partial charge is 0.285 e. The zero-order valence-electron chi connectivity index (χ0n) is 23.4. The van der Waals surface area contributed by atoms with Gasteiger partial charge in [-0.25, -0.2) is 25.1 Å². The molecular weight excluding hydrogens is 619 g/mol. The summed E-state index contributed by atoms with van der Waals surface area (Å²) in [5, 5.41) is 22.5. The fourth-order valence-electron chi connectivity index (χ4n) is 5.68. The maximum atomic E-state index is 12.6. The molecule has 0 aliphatic heterocycles. The minimum atomic E-state index is -0.307.